The van der Waals surface area contributed by atoms with Gasteiger partial charge in [-0.15, -0.1) is 0 Å². The molecule has 0 atom stereocenters. The van der Waals surface area contributed by atoms with Crippen LogP contribution in [0.2, 0.25) is 0 Å². The van der Waals surface area contributed by atoms with Crippen LogP contribution in [0.25, 0.3) is 0 Å². The Kier molecular flexibility index (Phi) is 45.4. The first kappa shape index (κ1) is 46.0. The third kappa shape index (κ3) is 64.6. The molecule has 0 radical (unpaired) electrons. The fourth-order valence-electron chi connectivity index (χ4n) is 5.01. The number of hydrogen-bond donors (Lipinski definition) is 2. The van der Waals surface area contributed by atoms with E-state index in [4.69, 9.17) is 17.5 Å². The minimum absolute atomic E-state index is 0.486. The minimum atomic E-state index is -4.67. The van der Waals surface area contributed by atoms with E-state index in [9.17, 15) is 4.79 Å². The Balaban J connectivity index is -0.000000614. The Morgan fingerprint density at radius 3 is 0.707 bits per heavy atom. The van der Waals surface area contributed by atoms with Gasteiger partial charge in [-0.25, -0.2) is 0 Å². The Hall–Kier alpha value is 0.540. The molecule has 0 aliphatic rings. The van der Waals surface area contributed by atoms with E-state index in [0.29, 0.717) is 3.03 Å². The second kappa shape index (κ2) is 40.5. The summed E-state index contributed by atoms with van der Waals surface area (Å²) in [5, 5.41) is 0. The van der Waals surface area contributed by atoms with E-state index in [1.165, 1.54) is 180 Å². The molecule has 0 aromatic heterocycles. The molecule has 244 valence electrons. The summed E-state index contributed by atoms with van der Waals surface area (Å²) in [6.07, 6.45) is 42.2. The van der Waals surface area contributed by atoms with E-state index in [0.717, 1.165) is 40.8 Å². The molecule has 0 heterocycles. The number of rotatable bonds is 29. The molecule has 7 heteroatoms. The molecule has 2 N–H and O–H groups in total. The average molecular weight is 615 g/mol. The minimum Gasteiger partial charge on any atom is -0.264 e. The third-order valence-corrected chi connectivity index (χ3v) is 8.09. The molecule has 0 fully saturated rings. The maximum Gasteiger partial charge on any atom is 0.394 e. The number of carbonyl (C=O) groups excluding carboxylic acids is 1. The fourth-order valence-corrected chi connectivity index (χ4v) is 5.37. The second-order valence-electron chi connectivity index (χ2n) is 12.1. The topological polar surface area (TPSA) is 91.7 Å². The van der Waals surface area contributed by atoms with Crippen LogP contribution in [-0.4, -0.2) is 48.5 Å². The van der Waals surface area contributed by atoms with Gasteiger partial charge < -0.3 is 0 Å². The summed E-state index contributed by atoms with van der Waals surface area (Å²) in [7, 11) is -4.67. The van der Waals surface area contributed by atoms with Crippen molar-refractivity contribution in [1.29, 1.82) is 0 Å². The van der Waals surface area contributed by atoms with Crippen molar-refractivity contribution >= 4 is 41.4 Å². The van der Waals surface area contributed by atoms with Gasteiger partial charge in [-0.05, 0) is 0 Å². The summed E-state index contributed by atoms with van der Waals surface area (Å²) in [5.41, 5.74) is 0. The van der Waals surface area contributed by atoms with E-state index >= 15 is 0 Å². The van der Waals surface area contributed by atoms with E-state index in [-0.39, 0.29) is 0 Å². The molecule has 0 rings (SSSR count). The van der Waals surface area contributed by atoms with Crippen LogP contribution in [0.4, 0.5) is 0 Å². The van der Waals surface area contributed by atoms with Crippen molar-refractivity contribution in [2.45, 2.75) is 213 Å². The Bertz CT molecular complexity index is 562. The van der Waals surface area contributed by atoms with E-state index in [1.54, 1.807) is 0 Å². The molecule has 0 aromatic rings. The zero-order valence-corrected chi connectivity index (χ0v) is 31.1. The average Bonchev–Trinajstić information content (AvgIpc) is 2.91. The van der Waals surface area contributed by atoms with Gasteiger partial charge in [0.2, 0.25) is 0 Å². The molecule has 0 bridgehead atoms. The summed E-state index contributed by atoms with van der Waals surface area (Å²) < 4.78 is 32.1. The van der Waals surface area contributed by atoms with Crippen molar-refractivity contribution in [2.75, 3.05) is 0 Å². The van der Waals surface area contributed by atoms with Gasteiger partial charge in [0.15, 0.2) is 0 Å². The van der Waals surface area contributed by atoms with Gasteiger partial charge in [-0.1, -0.05) is 143 Å². The molecule has 0 spiro atoms. The smallest absolute Gasteiger partial charge is 0.264 e. The zero-order chi connectivity index (χ0) is 31.3. The van der Waals surface area contributed by atoms with Crippen molar-refractivity contribution in [3.63, 3.8) is 0 Å². The number of hydrogen-bond acceptors (Lipinski definition) is 3. The van der Waals surface area contributed by atoms with Crippen LogP contribution in [0, 0.1) is 0 Å². The van der Waals surface area contributed by atoms with E-state index in [2.05, 4.69) is 20.8 Å². The zero-order valence-electron chi connectivity index (χ0n) is 28.2. The van der Waals surface area contributed by atoms with Crippen molar-refractivity contribution in [3.8, 4) is 0 Å². The van der Waals surface area contributed by atoms with Crippen molar-refractivity contribution in [3.05, 3.63) is 0 Å². The molecular weight excluding hydrogens is 543 g/mol. The summed E-state index contributed by atoms with van der Waals surface area (Å²) in [6.45, 7) is 6.86. The molecule has 0 aromatic carbocycles. The fraction of sp³-hybridized carbons (Fsp3) is 0.971. The van der Waals surface area contributed by atoms with Crippen LogP contribution < -0.4 is 0 Å². The monoisotopic (exact) mass is 614 g/mol. The molecule has 0 aliphatic heterocycles. The summed E-state index contributed by atoms with van der Waals surface area (Å²) in [5.74, 6) is 0. The van der Waals surface area contributed by atoms with Gasteiger partial charge in [0.25, 0.3) is 0 Å². The summed E-state index contributed by atoms with van der Waals surface area (Å²) >= 11 is 0.751. The van der Waals surface area contributed by atoms with Gasteiger partial charge >= 0.3 is 117 Å². The van der Waals surface area contributed by atoms with Crippen LogP contribution in [-0.2, 0) is 15.2 Å². The van der Waals surface area contributed by atoms with Crippen LogP contribution >= 0.6 is 0 Å². The first-order chi connectivity index (χ1) is 19.7. The van der Waals surface area contributed by atoms with Gasteiger partial charge in [-0.2, -0.15) is 8.42 Å². The quantitative estimate of drug-likeness (QED) is 0.0497. The number of carbonyl (C=O) groups is 1. The first-order valence-electron chi connectivity index (χ1n) is 17.9. The predicted molar refractivity (Wildman–Crippen MR) is 180 cm³/mol. The Morgan fingerprint density at radius 2 is 0.561 bits per heavy atom. The normalized spacial score (nSPS) is 11.0. The van der Waals surface area contributed by atoms with Crippen LogP contribution in [0.3, 0.4) is 0 Å². The van der Waals surface area contributed by atoms with Crippen molar-refractivity contribution in [1.82, 2.24) is 0 Å². The molecule has 0 unspecified atom stereocenters. The van der Waals surface area contributed by atoms with Crippen LogP contribution in [0.1, 0.15) is 213 Å². The first-order valence-corrected chi connectivity index (χ1v) is 20.3. The van der Waals surface area contributed by atoms with Gasteiger partial charge in [0, 0.05) is 0 Å². The molecule has 5 nitrogen and oxygen atoms in total. The SMILES string of the molecule is CCCCCCCCCCCCCCCC.CCCCCCCCCCCCCCCCC[C](=O)[Na].O=S(=O)(O)O. The summed E-state index contributed by atoms with van der Waals surface area (Å²) in [6, 6.07) is 0. The van der Waals surface area contributed by atoms with Crippen molar-refractivity contribution in [2.24, 2.45) is 0 Å². The van der Waals surface area contributed by atoms with Crippen molar-refractivity contribution < 1.29 is 22.3 Å². The Morgan fingerprint density at radius 1 is 0.415 bits per heavy atom. The van der Waals surface area contributed by atoms with E-state index < -0.39 is 10.4 Å². The number of unbranched alkanes of at least 4 members (excludes halogenated alkanes) is 27. The molecule has 0 saturated heterocycles. The van der Waals surface area contributed by atoms with Crippen LogP contribution in [0.15, 0.2) is 0 Å². The maximum absolute atomic E-state index is 10.8. The molecule has 0 aliphatic carbocycles. The van der Waals surface area contributed by atoms with E-state index in [1.807, 2.05) is 0 Å². The molecular formula is C34H71NaO5S. The molecule has 0 saturated carbocycles. The molecule has 0 amide bonds. The second-order valence-corrected chi connectivity index (χ2v) is 14.1. The van der Waals surface area contributed by atoms with Gasteiger partial charge in [0.05, 0.1) is 0 Å². The standard InChI is InChI=1S/C18H35O.C16H34.Na.H2O4S/c1-2-3-4-5-6-7-8-9-10-11-12-13-14-15-16-17-18-19;1-3-5-7-9-11-13-15-16-14-12-10-8-6-4-2;;1-5(2,3)4/h2-17H2,1H3;3-16H2,1-2H3;;(H2,1,2,3,4). The Labute approximate surface area is 275 Å². The summed E-state index contributed by atoms with van der Waals surface area (Å²) in [4.78, 5) is 10.8. The van der Waals surface area contributed by atoms with Crippen LogP contribution in [0.5, 0.6) is 0 Å². The largest absolute Gasteiger partial charge is 0.394 e. The predicted octanol–water partition coefficient (Wildman–Crippen LogP) is 11.8. The maximum atomic E-state index is 10.8. The van der Waals surface area contributed by atoms with Gasteiger partial charge in [-0.3, -0.25) is 9.11 Å². The van der Waals surface area contributed by atoms with Gasteiger partial charge in [0.1, 0.15) is 0 Å². The molecule has 41 heavy (non-hydrogen) atoms. The third-order valence-electron chi connectivity index (χ3n) is 7.59.